The van der Waals surface area contributed by atoms with Gasteiger partial charge in [0.1, 0.15) is 8.07 Å². The topological polar surface area (TPSA) is 26.3 Å². The summed E-state index contributed by atoms with van der Waals surface area (Å²) in [5.41, 5.74) is 3.85. The van der Waals surface area contributed by atoms with Gasteiger partial charge in [-0.2, -0.15) is 0 Å². The van der Waals surface area contributed by atoms with E-state index < -0.39 is 13.7 Å². The number of esters is 1. The molecule has 0 aliphatic carbocycles. The van der Waals surface area contributed by atoms with Crippen LogP contribution >= 0.6 is 11.6 Å². The molecule has 2 rings (SSSR count). The number of rotatable bonds is 3. The largest absolute Gasteiger partial charge is 0.437 e. The minimum atomic E-state index is -1.67. The Labute approximate surface area is 149 Å². The number of hydrogen-bond acceptors (Lipinski definition) is 2. The highest BCUT2D eigenvalue weighted by Gasteiger charge is 2.36. The smallest absolute Gasteiger partial charge is 0.304 e. The molecule has 124 valence electrons. The Morgan fingerprint density at radius 3 is 2.04 bits per heavy atom. The Balaban J connectivity index is 2.74. The van der Waals surface area contributed by atoms with E-state index in [2.05, 4.69) is 31.1 Å². The third kappa shape index (κ3) is 4.50. The number of hydrogen-bond donors (Lipinski definition) is 0. The standard InChI is InChI=1S/C20H21ClO2Si/c1-16(22)23-20(14-15-24(2,3)4,17-8-6-5-7-9-17)18-10-12-19(21)13-11-18/h5-13H,1-4H3. The fraction of sp³-hybridized carbons (Fsp3) is 0.250. The molecule has 0 fully saturated rings. The lowest BCUT2D eigenvalue weighted by atomic mass is 9.86. The van der Waals surface area contributed by atoms with E-state index in [1.165, 1.54) is 6.92 Å². The molecule has 2 aromatic rings. The zero-order valence-electron chi connectivity index (χ0n) is 14.4. The van der Waals surface area contributed by atoms with Crippen LogP contribution in [-0.4, -0.2) is 14.0 Å². The van der Waals surface area contributed by atoms with Gasteiger partial charge in [0.25, 0.3) is 0 Å². The molecule has 0 amide bonds. The highest BCUT2D eigenvalue weighted by molar-refractivity contribution is 6.83. The number of carbonyl (C=O) groups is 1. The molecule has 2 aromatic carbocycles. The fourth-order valence-corrected chi connectivity index (χ4v) is 2.98. The first kappa shape index (κ1) is 18.3. The summed E-state index contributed by atoms with van der Waals surface area (Å²) < 4.78 is 5.81. The van der Waals surface area contributed by atoms with Crippen molar-refractivity contribution in [1.29, 1.82) is 0 Å². The lowest BCUT2D eigenvalue weighted by Gasteiger charge is -2.29. The Morgan fingerprint density at radius 1 is 1.00 bits per heavy atom. The molecule has 2 nitrogen and oxygen atoms in total. The van der Waals surface area contributed by atoms with Gasteiger partial charge in [0, 0.05) is 23.1 Å². The van der Waals surface area contributed by atoms with Crippen LogP contribution in [0.3, 0.4) is 0 Å². The number of carbonyl (C=O) groups excluding carboxylic acids is 1. The molecule has 0 spiro atoms. The highest BCUT2D eigenvalue weighted by atomic mass is 35.5. The molecule has 0 saturated carbocycles. The van der Waals surface area contributed by atoms with Crippen LogP contribution in [0.2, 0.25) is 24.7 Å². The maximum atomic E-state index is 11.9. The lowest BCUT2D eigenvalue weighted by Crippen LogP contribution is -2.33. The average molecular weight is 357 g/mol. The molecule has 1 atom stereocenters. The van der Waals surface area contributed by atoms with E-state index in [4.69, 9.17) is 16.3 Å². The van der Waals surface area contributed by atoms with Gasteiger partial charge in [-0.25, -0.2) is 0 Å². The maximum absolute atomic E-state index is 11.9. The second-order valence-corrected chi connectivity index (χ2v) is 11.8. The molecule has 24 heavy (non-hydrogen) atoms. The van der Waals surface area contributed by atoms with E-state index in [-0.39, 0.29) is 5.97 Å². The zero-order chi connectivity index (χ0) is 17.8. The molecule has 0 aromatic heterocycles. The van der Waals surface area contributed by atoms with Gasteiger partial charge in [-0.1, -0.05) is 79.6 Å². The van der Waals surface area contributed by atoms with Crippen LogP contribution in [0.4, 0.5) is 0 Å². The van der Waals surface area contributed by atoms with Gasteiger partial charge in [-0.15, -0.1) is 5.54 Å². The van der Waals surface area contributed by atoms with Gasteiger partial charge in [-0.3, -0.25) is 4.79 Å². The van der Waals surface area contributed by atoms with Crippen molar-refractivity contribution in [2.75, 3.05) is 0 Å². The lowest BCUT2D eigenvalue weighted by molar-refractivity contribution is -0.149. The summed E-state index contributed by atoms with van der Waals surface area (Å²) in [5.74, 6) is 2.91. The minimum Gasteiger partial charge on any atom is -0.437 e. The molecule has 0 aliphatic rings. The van der Waals surface area contributed by atoms with Crippen LogP contribution < -0.4 is 0 Å². The first-order valence-corrected chi connectivity index (χ1v) is 11.7. The van der Waals surface area contributed by atoms with Crippen molar-refractivity contribution in [3.8, 4) is 11.5 Å². The zero-order valence-corrected chi connectivity index (χ0v) is 16.1. The number of ether oxygens (including phenoxy) is 1. The second kappa shape index (κ2) is 7.25. The van der Waals surface area contributed by atoms with Gasteiger partial charge in [0.05, 0.1) is 0 Å². The van der Waals surface area contributed by atoms with Crippen molar-refractivity contribution in [3.63, 3.8) is 0 Å². The van der Waals surface area contributed by atoms with Crippen molar-refractivity contribution in [3.05, 3.63) is 70.7 Å². The van der Waals surface area contributed by atoms with Crippen molar-refractivity contribution in [2.24, 2.45) is 0 Å². The molecule has 0 radical (unpaired) electrons. The first-order valence-electron chi connectivity index (χ1n) is 7.78. The van der Waals surface area contributed by atoms with Crippen LogP contribution in [0, 0.1) is 11.5 Å². The molecule has 0 heterocycles. The van der Waals surface area contributed by atoms with E-state index >= 15 is 0 Å². The monoisotopic (exact) mass is 356 g/mol. The van der Waals surface area contributed by atoms with Gasteiger partial charge < -0.3 is 4.74 Å². The van der Waals surface area contributed by atoms with E-state index in [9.17, 15) is 4.79 Å². The predicted molar refractivity (Wildman–Crippen MR) is 102 cm³/mol. The quantitative estimate of drug-likeness (QED) is 0.438. The van der Waals surface area contributed by atoms with Gasteiger partial charge in [-0.05, 0) is 12.1 Å². The Morgan fingerprint density at radius 2 is 1.54 bits per heavy atom. The van der Waals surface area contributed by atoms with Crippen molar-refractivity contribution in [2.45, 2.75) is 32.2 Å². The van der Waals surface area contributed by atoms with E-state index in [1.807, 2.05) is 42.5 Å². The Hall–Kier alpha value is -2.02. The average Bonchev–Trinajstić information content (AvgIpc) is 2.52. The summed E-state index contributed by atoms with van der Waals surface area (Å²) >= 11 is 6.03. The summed E-state index contributed by atoms with van der Waals surface area (Å²) in [5, 5.41) is 0.627. The second-order valence-electron chi connectivity index (χ2n) is 6.65. The molecule has 0 N–H and O–H groups in total. The van der Waals surface area contributed by atoms with E-state index in [0.717, 1.165) is 11.1 Å². The molecule has 0 bridgehead atoms. The molecular formula is C20H21ClO2Si. The van der Waals surface area contributed by atoms with Crippen LogP contribution in [-0.2, 0) is 15.1 Å². The van der Waals surface area contributed by atoms with E-state index in [0.29, 0.717) is 5.02 Å². The third-order valence-corrected chi connectivity index (χ3v) is 4.47. The SMILES string of the molecule is CC(=O)OC(C#C[Si](C)(C)C)(c1ccccc1)c1ccc(Cl)cc1. The number of halogens is 1. The van der Waals surface area contributed by atoms with Gasteiger partial charge in [0.15, 0.2) is 0 Å². The first-order chi connectivity index (χ1) is 11.2. The van der Waals surface area contributed by atoms with Crippen LogP contribution in [0.5, 0.6) is 0 Å². The predicted octanol–water partition coefficient (Wildman–Crippen LogP) is 5.03. The normalized spacial score (nSPS) is 13.4. The fourth-order valence-electron chi connectivity index (χ4n) is 2.30. The van der Waals surface area contributed by atoms with Crippen molar-refractivity contribution >= 4 is 25.6 Å². The van der Waals surface area contributed by atoms with Crippen LogP contribution in [0.25, 0.3) is 0 Å². The van der Waals surface area contributed by atoms with E-state index in [1.54, 1.807) is 12.1 Å². The van der Waals surface area contributed by atoms with Gasteiger partial charge in [0.2, 0.25) is 5.60 Å². The summed E-state index contributed by atoms with van der Waals surface area (Å²) in [7, 11) is -1.67. The molecule has 4 heteroatoms. The van der Waals surface area contributed by atoms with Crippen LogP contribution in [0.15, 0.2) is 54.6 Å². The molecule has 0 saturated heterocycles. The maximum Gasteiger partial charge on any atom is 0.304 e. The number of benzene rings is 2. The van der Waals surface area contributed by atoms with Crippen LogP contribution in [0.1, 0.15) is 18.1 Å². The molecule has 0 aliphatic heterocycles. The Bertz CT molecular complexity index is 767. The summed E-state index contributed by atoms with van der Waals surface area (Å²) in [4.78, 5) is 11.9. The third-order valence-electron chi connectivity index (χ3n) is 3.34. The van der Waals surface area contributed by atoms with Gasteiger partial charge >= 0.3 is 5.97 Å². The summed E-state index contributed by atoms with van der Waals surface area (Å²) in [6, 6.07) is 16.9. The molecule has 1 unspecified atom stereocenters. The Kier molecular flexibility index (Phi) is 5.53. The summed E-state index contributed by atoms with van der Waals surface area (Å²) in [6.45, 7) is 7.88. The molecular weight excluding hydrogens is 336 g/mol. The highest BCUT2D eigenvalue weighted by Crippen LogP contribution is 2.34. The van der Waals surface area contributed by atoms with Crippen molar-refractivity contribution < 1.29 is 9.53 Å². The van der Waals surface area contributed by atoms with Crippen molar-refractivity contribution in [1.82, 2.24) is 0 Å². The minimum absolute atomic E-state index is 0.376. The summed E-state index contributed by atoms with van der Waals surface area (Å²) in [6.07, 6.45) is 0.